The molecule has 1 aliphatic carbocycles. The molecule has 0 spiro atoms. The lowest BCUT2D eigenvalue weighted by molar-refractivity contribution is -0.154. The first-order valence-electron chi connectivity index (χ1n) is 14.2. The predicted molar refractivity (Wildman–Crippen MR) is 143 cm³/mol. The number of aryl methyl sites for hydroxylation is 1. The first-order valence-corrected chi connectivity index (χ1v) is 14.5. The van der Waals surface area contributed by atoms with Crippen molar-refractivity contribution in [1.82, 2.24) is 24.8 Å². The van der Waals surface area contributed by atoms with E-state index >= 15 is 0 Å². The van der Waals surface area contributed by atoms with Crippen molar-refractivity contribution in [3.8, 4) is 5.75 Å². The van der Waals surface area contributed by atoms with E-state index in [1.165, 1.54) is 0 Å². The van der Waals surface area contributed by atoms with Gasteiger partial charge in [-0.2, -0.15) is 0 Å². The highest BCUT2D eigenvalue weighted by atomic mass is 35.5. The molecule has 1 N–H and O–H groups in total. The molecule has 222 valence electrons. The smallest absolute Gasteiger partial charge is 0.307 e. The minimum Gasteiger partial charge on any atom is -0.487 e. The molecule has 1 saturated heterocycles. The van der Waals surface area contributed by atoms with Crippen molar-refractivity contribution >= 4 is 29.4 Å². The summed E-state index contributed by atoms with van der Waals surface area (Å²) in [5.41, 5.74) is 1.06. The molecule has 2 amide bonds. The molecule has 2 aromatic rings. The van der Waals surface area contributed by atoms with Crippen LogP contribution in [-0.4, -0.2) is 67.3 Å². The molecular formula is C28H34ClF2N5O5. The van der Waals surface area contributed by atoms with Gasteiger partial charge in [-0.15, -0.1) is 5.10 Å². The Hall–Kier alpha value is -3.28. The largest absolute Gasteiger partial charge is 0.487 e. The summed E-state index contributed by atoms with van der Waals surface area (Å²) in [7, 11) is 0. The second-order valence-electron chi connectivity index (χ2n) is 10.8. The normalized spacial score (nSPS) is 22.8. The number of carboxylic acids is 1. The summed E-state index contributed by atoms with van der Waals surface area (Å²) in [6.07, 6.45) is 1.19. The Morgan fingerprint density at radius 2 is 1.90 bits per heavy atom. The monoisotopic (exact) mass is 593 g/mol. The number of ether oxygens (including phenoxy) is 1. The molecule has 10 nitrogen and oxygen atoms in total. The van der Waals surface area contributed by atoms with Gasteiger partial charge in [0, 0.05) is 43.2 Å². The van der Waals surface area contributed by atoms with Crippen molar-refractivity contribution in [2.24, 2.45) is 11.8 Å². The topological polar surface area (TPSA) is 118 Å². The summed E-state index contributed by atoms with van der Waals surface area (Å²) < 4.78 is 34.8. The Balaban J connectivity index is 1.51. The van der Waals surface area contributed by atoms with Gasteiger partial charge in [0.2, 0.25) is 11.8 Å². The van der Waals surface area contributed by atoms with Gasteiger partial charge in [-0.05, 0) is 50.3 Å². The molecule has 3 heterocycles. The van der Waals surface area contributed by atoms with Gasteiger partial charge in [-0.1, -0.05) is 29.7 Å². The van der Waals surface area contributed by atoms with Gasteiger partial charge in [0.15, 0.2) is 0 Å². The summed E-state index contributed by atoms with van der Waals surface area (Å²) in [5, 5.41) is 18.0. The van der Waals surface area contributed by atoms with E-state index in [-0.39, 0.29) is 42.9 Å². The Morgan fingerprint density at radius 3 is 2.56 bits per heavy atom. The SMILES string of the molecule is CCn1nnc(COc2ccc(Cl)c3c2[C@@H](CN2CCCC2=O)N(C(=O)C2CCCCC2C(=O)O)CC3)c1C(F)F. The predicted octanol–water partition coefficient (Wildman–Crippen LogP) is 4.41. The van der Waals surface area contributed by atoms with Crippen LogP contribution in [0.5, 0.6) is 5.75 Å². The van der Waals surface area contributed by atoms with Crippen LogP contribution in [0.25, 0.3) is 0 Å². The van der Waals surface area contributed by atoms with E-state index in [1.54, 1.807) is 28.9 Å². The van der Waals surface area contributed by atoms with Crippen LogP contribution in [0.2, 0.25) is 5.02 Å². The first-order chi connectivity index (χ1) is 19.7. The lowest BCUT2D eigenvalue weighted by Crippen LogP contribution is -2.50. The van der Waals surface area contributed by atoms with Crippen LogP contribution < -0.4 is 4.74 Å². The maximum Gasteiger partial charge on any atom is 0.307 e. The lowest BCUT2D eigenvalue weighted by Gasteiger charge is -2.43. The molecule has 2 unspecified atom stereocenters. The van der Waals surface area contributed by atoms with Crippen LogP contribution in [0.4, 0.5) is 8.78 Å². The van der Waals surface area contributed by atoms with E-state index in [1.807, 2.05) is 0 Å². The summed E-state index contributed by atoms with van der Waals surface area (Å²) in [6, 6.07) is 2.67. The first kappa shape index (κ1) is 29.2. The van der Waals surface area contributed by atoms with Gasteiger partial charge >= 0.3 is 5.97 Å². The maximum absolute atomic E-state index is 14.1. The number of amides is 2. The standard InChI is InChI=1S/C28H34ClF2N5O5/c1-2-36-25(26(30)31)20(32-33-36)15-41-22-10-9-19(29)18-11-13-35(21(24(18)22)14-34-12-5-8-23(34)37)27(38)16-6-3-4-7-17(16)28(39)40/h9-10,16-17,21,26H,2-8,11-15H2,1H3,(H,39,40)/t16?,17?,21-/m1/s1. The van der Waals surface area contributed by atoms with Gasteiger partial charge in [0.1, 0.15) is 23.7 Å². The minimum absolute atomic E-state index is 0.00654. The number of hydrogen-bond acceptors (Lipinski definition) is 6. The Labute approximate surface area is 241 Å². The van der Waals surface area contributed by atoms with E-state index in [4.69, 9.17) is 16.3 Å². The number of aromatic nitrogens is 3. The fourth-order valence-corrected chi connectivity index (χ4v) is 6.74. The summed E-state index contributed by atoms with van der Waals surface area (Å²) in [6.45, 7) is 2.70. The average molecular weight is 594 g/mol. The van der Waals surface area contributed by atoms with Gasteiger partial charge in [-0.3, -0.25) is 14.4 Å². The molecule has 5 rings (SSSR count). The molecule has 13 heteroatoms. The number of benzene rings is 1. The van der Waals surface area contributed by atoms with E-state index in [0.29, 0.717) is 61.5 Å². The van der Waals surface area contributed by atoms with Crippen LogP contribution in [0.15, 0.2) is 12.1 Å². The molecule has 3 atom stereocenters. The zero-order valence-electron chi connectivity index (χ0n) is 22.9. The maximum atomic E-state index is 14.1. The number of alkyl halides is 2. The number of hydrogen-bond donors (Lipinski definition) is 1. The number of fused-ring (bicyclic) bond motifs is 1. The molecule has 0 radical (unpaired) electrons. The van der Waals surface area contributed by atoms with Gasteiger partial charge in [0.25, 0.3) is 6.43 Å². The fraction of sp³-hybridized carbons (Fsp3) is 0.607. The molecule has 1 aromatic heterocycles. The van der Waals surface area contributed by atoms with Crippen molar-refractivity contribution < 1.29 is 33.0 Å². The van der Waals surface area contributed by atoms with Crippen LogP contribution in [0, 0.1) is 11.8 Å². The molecule has 2 aliphatic heterocycles. The van der Waals surface area contributed by atoms with Gasteiger partial charge in [-0.25, -0.2) is 13.5 Å². The molecule has 1 saturated carbocycles. The van der Waals surface area contributed by atoms with Gasteiger partial charge in [0.05, 0.1) is 17.9 Å². The van der Waals surface area contributed by atoms with Gasteiger partial charge < -0.3 is 19.6 Å². The van der Waals surface area contributed by atoms with Crippen molar-refractivity contribution in [3.05, 3.63) is 39.7 Å². The highest BCUT2D eigenvalue weighted by molar-refractivity contribution is 6.31. The van der Waals surface area contributed by atoms with E-state index in [2.05, 4.69) is 10.3 Å². The molecule has 2 fully saturated rings. The Kier molecular flexibility index (Phi) is 8.77. The fourth-order valence-electron chi connectivity index (χ4n) is 6.48. The number of rotatable bonds is 9. The van der Waals surface area contributed by atoms with Crippen LogP contribution in [0.1, 0.15) is 80.4 Å². The Bertz CT molecular complexity index is 1320. The number of carbonyl (C=O) groups excluding carboxylic acids is 2. The molecule has 3 aliphatic rings. The number of nitrogens with zero attached hydrogens (tertiary/aromatic N) is 5. The average Bonchev–Trinajstić information content (AvgIpc) is 3.57. The second kappa shape index (κ2) is 12.3. The highest BCUT2D eigenvalue weighted by Gasteiger charge is 2.43. The second-order valence-corrected chi connectivity index (χ2v) is 11.2. The van der Waals surface area contributed by atoms with E-state index < -0.39 is 30.3 Å². The molecule has 0 bridgehead atoms. The molecule has 1 aromatic carbocycles. The lowest BCUT2D eigenvalue weighted by atomic mass is 9.77. The van der Waals surface area contributed by atoms with Crippen molar-refractivity contribution in [2.45, 2.75) is 77.5 Å². The van der Waals surface area contributed by atoms with Crippen LogP contribution in [-0.2, 0) is 34.0 Å². The zero-order chi connectivity index (χ0) is 29.3. The summed E-state index contributed by atoms with van der Waals surface area (Å²) in [4.78, 5) is 42.2. The number of likely N-dealkylation sites (tertiary alicyclic amines) is 1. The van der Waals surface area contributed by atoms with Crippen molar-refractivity contribution in [2.75, 3.05) is 19.6 Å². The molecular weight excluding hydrogens is 560 g/mol. The van der Waals surface area contributed by atoms with E-state index in [9.17, 15) is 28.3 Å². The number of carbonyl (C=O) groups is 3. The highest BCUT2D eigenvalue weighted by Crippen LogP contribution is 2.43. The number of halogens is 3. The summed E-state index contributed by atoms with van der Waals surface area (Å²) in [5.74, 6) is -2.34. The summed E-state index contributed by atoms with van der Waals surface area (Å²) >= 11 is 6.63. The third kappa shape index (κ3) is 5.75. The van der Waals surface area contributed by atoms with Crippen molar-refractivity contribution in [3.63, 3.8) is 0 Å². The number of aliphatic carboxylic acids is 1. The zero-order valence-corrected chi connectivity index (χ0v) is 23.7. The van der Waals surface area contributed by atoms with Crippen LogP contribution in [0.3, 0.4) is 0 Å². The third-order valence-electron chi connectivity index (χ3n) is 8.54. The number of carboxylic acid groups (broad SMARTS) is 1. The quantitative estimate of drug-likeness (QED) is 0.458. The van der Waals surface area contributed by atoms with Crippen LogP contribution >= 0.6 is 11.6 Å². The van der Waals surface area contributed by atoms with Crippen molar-refractivity contribution in [1.29, 1.82) is 0 Å². The van der Waals surface area contributed by atoms with E-state index in [0.717, 1.165) is 23.1 Å². The Morgan fingerprint density at radius 1 is 1.15 bits per heavy atom. The minimum atomic E-state index is -2.79. The molecule has 41 heavy (non-hydrogen) atoms. The third-order valence-corrected chi connectivity index (χ3v) is 8.89.